The fraction of sp³-hybridized carbons (Fsp3) is 1.00. The Morgan fingerprint density at radius 3 is 2.65 bits per heavy atom. The van der Waals surface area contributed by atoms with Crippen molar-refractivity contribution in [1.82, 2.24) is 9.80 Å². The summed E-state index contributed by atoms with van der Waals surface area (Å²) in [5, 5.41) is 0. The van der Waals surface area contributed by atoms with Gasteiger partial charge in [-0.3, -0.25) is 4.90 Å². The number of hydrogen-bond acceptors (Lipinski definition) is 3. The molecule has 0 radical (unpaired) electrons. The zero-order chi connectivity index (χ0) is 12.3. The number of rotatable bonds is 3. The summed E-state index contributed by atoms with van der Waals surface area (Å²) in [6, 6.07) is 1.79. The van der Waals surface area contributed by atoms with Crippen LogP contribution in [-0.2, 0) is 0 Å². The van der Waals surface area contributed by atoms with Gasteiger partial charge in [-0.25, -0.2) is 0 Å². The second-order valence-electron chi connectivity index (χ2n) is 5.71. The molecule has 2 heterocycles. The first-order valence-electron chi connectivity index (χ1n) is 7.50. The summed E-state index contributed by atoms with van der Waals surface area (Å²) in [7, 11) is 0. The molecule has 2 rings (SSSR count). The number of nitrogens with zero attached hydrogens (tertiary/aromatic N) is 2. The third kappa shape index (κ3) is 3.01. The van der Waals surface area contributed by atoms with Crippen molar-refractivity contribution in [2.45, 2.75) is 64.1 Å². The number of nitrogens with two attached hydrogens (primary N) is 1. The Hall–Kier alpha value is -0.120. The van der Waals surface area contributed by atoms with E-state index in [2.05, 4.69) is 23.6 Å². The molecule has 3 nitrogen and oxygen atoms in total. The van der Waals surface area contributed by atoms with Crippen molar-refractivity contribution in [2.24, 2.45) is 5.73 Å². The van der Waals surface area contributed by atoms with Crippen LogP contribution in [0.5, 0.6) is 0 Å². The molecule has 3 unspecified atom stereocenters. The Balaban J connectivity index is 2.01. The molecule has 2 fully saturated rings. The van der Waals surface area contributed by atoms with Gasteiger partial charge in [0.05, 0.1) is 0 Å². The van der Waals surface area contributed by atoms with E-state index in [9.17, 15) is 0 Å². The molecule has 0 amide bonds. The summed E-state index contributed by atoms with van der Waals surface area (Å²) in [5.41, 5.74) is 6.38. The Labute approximate surface area is 106 Å². The summed E-state index contributed by atoms with van der Waals surface area (Å²) in [6.45, 7) is 9.42. The Bertz CT molecular complexity index is 232. The summed E-state index contributed by atoms with van der Waals surface area (Å²) >= 11 is 0. The normalized spacial score (nSPS) is 37.2. The maximum absolute atomic E-state index is 6.38. The van der Waals surface area contributed by atoms with Gasteiger partial charge in [0.15, 0.2) is 0 Å². The minimum absolute atomic E-state index is 0.393. The molecular weight excluding hydrogens is 210 g/mol. The van der Waals surface area contributed by atoms with Crippen molar-refractivity contribution in [3.05, 3.63) is 0 Å². The number of piperidine rings is 2. The first-order valence-corrected chi connectivity index (χ1v) is 7.50. The molecule has 100 valence electrons. The topological polar surface area (TPSA) is 32.5 Å². The van der Waals surface area contributed by atoms with Gasteiger partial charge < -0.3 is 10.6 Å². The number of hydrogen-bond donors (Lipinski definition) is 1. The van der Waals surface area contributed by atoms with E-state index in [0.29, 0.717) is 12.1 Å². The van der Waals surface area contributed by atoms with Gasteiger partial charge in [-0.15, -0.1) is 0 Å². The maximum Gasteiger partial charge on any atom is 0.0377 e. The summed E-state index contributed by atoms with van der Waals surface area (Å²) in [4.78, 5) is 5.30. The van der Waals surface area contributed by atoms with E-state index in [-0.39, 0.29) is 0 Å². The molecule has 2 aliphatic rings. The van der Waals surface area contributed by atoms with Crippen LogP contribution in [0.4, 0.5) is 0 Å². The lowest BCUT2D eigenvalue weighted by Gasteiger charge is -2.47. The molecular formula is C14H29N3. The fourth-order valence-corrected chi connectivity index (χ4v) is 3.55. The highest BCUT2D eigenvalue weighted by Crippen LogP contribution is 2.25. The molecule has 0 bridgehead atoms. The van der Waals surface area contributed by atoms with Crippen LogP contribution < -0.4 is 5.73 Å². The van der Waals surface area contributed by atoms with Crippen LogP contribution in [0.15, 0.2) is 0 Å². The van der Waals surface area contributed by atoms with E-state index in [1.165, 1.54) is 58.3 Å². The van der Waals surface area contributed by atoms with E-state index in [4.69, 9.17) is 5.73 Å². The fourth-order valence-electron chi connectivity index (χ4n) is 3.55. The van der Waals surface area contributed by atoms with Crippen LogP contribution in [0.25, 0.3) is 0 Å². The average molecular weight is 239 g/mol. The molecule has 0 aromatic carbocycles. The van der Waals surface area contributed by atoms with Gasteiger partial charge in [-0.1, -0.05) is 20.3 Å². The van der Waals surface area contributed by atoms with E-state index < -0.39 is 0 Å². The molecule has 17 heavy (non-hydrogen) atoms. The van der Waals surface area contributed by atoms with Gasteiger partial charge in [0.25, 0.3) is 0 Å². The van der Waals surface area contributed by atoms with Gasteiger partial charge in [-0.05, 0) is 45.3 Å². The van der Waals surface area contributed by atoms with Crippen LogP contribution in [0.1, 0.15) is 46.0 Å². The predicted octanol–water partition coefficient (Wildman–Crippen LogP) is 1.67. The SMILES string of the molecule is CCC1CCCCN1C1CN(CC)CCC1N. The first kappa shape index (κ1) is 13.3. The summed E-state index contributed by atoms with van der Waals surface area (Å²) in [5.74, 6) is 0. The standard InChI is InChI=1S/C14H29N3/c1-3-12-7-5-6-9-17(12)14-11-16(4-2)10-8-13(14)15/h12-14H,3-11,15H2,1-2H3. The van der Waals surface area contributed by atoms with Gasteiger partial charge in [0.2, 0.25) is 0 Å². The predicted molar refractivity (Wildman–Crippen MR) is 73.1 cm³/mol. The monoisotopic (exact) mass is 239 g/mol. The number of likely N-dealkylation sites (N-methyl/N-ethyl adjacent to an activating group) is 1. The highest BCUT2D eigenvalue weighted by atomic mass is 15.3. The molecule has 0 saturated carbocycles. The Kier molecular flexibility index (Phi) is 4.83. The largest absolute Gasteiger partial charge is 0.326 e. The van der Waals surface area contributed by atoms with Crippen LogP contribution in [-0.4, -0.2) is 54.1 Å². The molecule has 3 heteroatoms. The van der Waals surface area contributed by atoms with Gasteiger partial charge in [-0.2, -0.15) is 0 Å². The quantitative estimate of drug-likeness (QED) is 0.813. The van der Waals surface area contributed by atoms with Crippen LogP contribution >= 0.6 is 0 Å². The van der Waals surface area contributed by atoms with Crippen LogP contribution in [0.2, 0.25) is 0 Å². The molecule has 3 atom stereocenters. The van der Waals surface area contributed by atoms with Gasteiger partial charge in [0, 0.05) is 24.7 Å². The van der Waals surface area contributed by atoms with Crippen molar-refractivity contribution in [3.63, 3.8) is 0 Å². The second-order valence-corrected chi connectivity index (χ2v) is 5.71. The van der Waals surface area contributed by atoms with Crippen molar-refractivity contribution in [2.75, 3.05) is 26.2 Å². The molecule has 2 aliphatic heterocycles. The van der Waals surface area contributed by atoms with Crippen LogP contribution in [0, 0.1) is 0 Å². The van der Waals surface area contributed by atoms with E-state index in [1.54, 1.807) is 0 Å². The van der Waals surface area contributed by atoms with E-state index >= 15 is 0 Å². The molecule has 0 aromatic rings. The molecule has 0 spiro atoms. The van der Waals surface area contributed by atoms with E-state index in [1.807, 2.05) is 0 Å². The van der Waals surface area contributed by atoms with Gasteiger partial charge >= 0.3 is 0 Å². The highest BCUT2D eigenvalue weighted by molar-refractivity contribution is 4.93. The third-order valence-corrected chi connectivity index (χ3v) is 4.74. The maximum atomic E-state index is 6.38. The zero-order valence-electron chi connectivity index (χ0n) is 11.6. The van der Waals surface area contributed by atoms with E-state index in [0.717, 1.165) is 6.04 Å². The molecule has 2 saturated heterocycles. The van der Waals surface area contributed by atoms with Gasteiger partial charge in [0.1, 0.15) is 0 Å². The minimum atomic E-state index is 0.393. The second kappa shape index (κ2) is 6.17. The minimum Gasteiger partial charge on any atom is -0.326 e. The molecule has 0 aromatic heterocycles. The Morgan fingerprint density at radius 2 is 1.94 bits per heavy atom. The summed E-state index contributed by atoms with van der Waals surface area (Å²) < 4.78 is 0. The van der Waals surface area contributed by atoms with Crippen LogP contribution in [0.3, 0.4) is 0 Å². The average Bonchev–Trinajstić information content (AvgIpc) is 2.39. The van der Waals surface area contributed by atoms with Crippen molar-refractivity contribution < 1.29 is 0 Å². The lowest BCUT2D eigenvalue weighted by Crippen LogP contribution is -2.61. The number of likely N-dealkylation sites (tertiary alicyclic amines) is 2. The zero-order valence-corrected chi connectivity index (χ0v) is 11.6. The smallest absolute Gasteiger partial charge is 0.0377 e. The third-order valence-electron chi connectivity index (χ3n) is 4.74. The lowest BCUT2D eigenvalue weighted by molar-refractivity contribution is 0.0313. The highest BCUT2D eigenvalue weighted by Gasteiger charge is 2.34. The first-order chi connectivity index (χ1) is 8.26. The lowest BCUT2D eigenvalue weighted by atomic mass is 9.92. The Morgan fingerprint density at radius 1 is 1.12 bits per heavy atom. The van der Waals surface area contributed by atoms with Crippen molar-refractivity contribution in [1.29, 1.82) is 0 Å². The van der Waals surface area contributed by atoms with Crippen molar-refractivity contribution >= 4 is 0 Å². The molecule has 2 N–H and O–H groups in total. The summed E-state index contributed by atoms with van der Waals surface area (Å²) in [6.07, 6.45) is 6.62. The van der Waals surface area contributed by atoms with Crippen molar-refractivity contribution in [3.8, 4) is 0 Å². The molecule has 0 aliphatic carbocycles.